The first-order valence-corrected chi connectivity index (χ1v) is 10.4. The number of hydrogen-bond donors (Lipinski definition) is 2. The van der Waals surface area contributed by atoms with E-state index in [0.717, 1.165) is 29.0 Å². The number of ether oxygens (including phenoxy) is 1. The number of nitriles is 1. The number of anilines is 1. The quantitative estimate of drug-likeness (QED) is 0.164. The molecular weight excluding hydrogens is 402 g/mol. The van der Waals surface area contributed by atoms with Gasteiger partial charge in [-0.15, -0.1) is 0 Å². The van der Waals surface area contributed by atoms with E-state index in [-0.39, 0.29) is 18.3 Å². The highest BCUT2D eigenvalue weighted by atomic mass is 16.5. The van der Waals surface area contributed by atoms with Crippen molar-refractivity contribution in [3.8, 4) is 23.1 Å². The molecule has 3 aromatic rings. The lowest BCUT2D eigenvalue weighted by atomic mass is 10.1. The lowest BCUT2D eigenvalue weighted by Gasteiger charge is -2.11. The van der Waals surface area contributed by atoms with Gasteiger partial charge < -0.3 is 10.1 Å². The fourth-order valence-electron chi connectivity index (χ4n) is 3.04. The first-order chi connectivity index (χ1) is 15.8. The molecule has 0 bridgehead atoms. The highest BCUT2D eigenvalue weighted by Gasteiger charge is 2.07. The zero-order valence-corrected chi connectivity index (χ0v) is 17.7. The molecule has 1 aromatic heterocycles. The largest absolute Gasteiger partial charge is 0.493 e. The minimum atomic E-state index is -0.000204. The number of aliphatic imine (C=N–C) groups is 1. The van der Waals surface area contributed by atoms with Crippen LogP contribution in [0.5, 0.6) is 5.75 Å². The molecule has 1 heterocycles. The molecule has 0 aliphatic heterocycles. The molecule has 0 saturated carbocycles. The Kier molecular flexibility index (Phi) is 8.79. The van der Waals surface area contributed by atoms with Gasteiger partial charge in [-0.2, -0.15) is 5.26 Å². The Labute approximate surface area is 187 Å². The summed E-state index contributed by atoms with van der Waals surface area (Å²) in [6.07, 6.45) is 6.94. The maximum absolute atomic E-state index is 12.2. The number of pyridine rings is 1. The summed E-state index contributed by atoms with van der Waals surface area (Å²) in [4.78, 5) is 20.3. The number of carbonyl (C=O) groups is 1. The number of carbonyl (C=O) groups excluding carboxylic acids is 1. The molecule has 0 aliphatic rings. The van der Waals surface area contributed by atoms with Crippen molar-refractivity contribution in [2.75, 3.05) is 18.5 Å². The number of nitrogens with zero attached hydrogens (tertiary/aromatic N) is 3. The number of benzene rings is 2. The molecule has 0 atom stereocenters. The molecule has 162 valence electrons. The van der Waals surface area contributed by atoms with Crippen LogP contribution in [0.25, 0.3) is 11.1 Å². The van der Waals surface area contributed by atoms with Gasteiger partial charge in [-0.25, -0.2) is 4.99 Å². The number of para-hydroxylation sites is 1. The number of unbranched alkanes of at least 4 members (excludes halogenated alkanes) is 1. The Balaban J connectivity index is 1.42. The second-order valence-corrected chi connectivity index (χ2v) is 6.97. The molecule has 3 rings (SSSR count). The number of hydrogen-bond acceptors (Lipinski definition) is 5. The monoisotopic (exact) mass is 427 g/mol. The van der Waals surface area contributed by atoms with Crippen molar-refractivity contribution < 1.29 is 9.53 Å². The van der Waals surface area contributed by atoms with E-state index in [1.807, 2.05) is 48.7 Å². The van der Waals surface area contributed by atoms with E-state index in [9.17, 15) is 4.79 Å². The fourth-order valence-corrected chi connectivity index (χ4v) is 3.04. The van der Waals surface area contributed by atoms with Gasteiger partial charge in [0.15, 0.2) is 12.0 Å². The molecule has 0 spiro atoms. The van der Waals surface area contributed by atoms with Crippen LogP contribution in [0.1, 0.15) is 19.3 Å². The first-order valence-electron chi connectivity index (χ1n) is 10.4. The topological polar surface area (TPSA) is 99.4 Å². The molecular formula is C25H25N5O2. The molecule has 7 nitrogen and oxygen atoms in total. The molecule has 0 saturated heterocycles. The zero-order chi connectivity index (χ0) is 22.4. The Morgan fingerprint density at radius 3 is 2.53 bits per heavy atom. The Morgan fingerprint density at radius 1 is 1.00 bits per heavy atom. The molecule has 7 heteroatoms. The molecule has 0 fully saturated rings. The van der Waals surface area contributed by atoms with Crippen molar-refractivity contribution in [3.05, 3.63) is 79.1 Å². The van der Waals surface area contributed by atoms with Gasteiger partial charge in [0.05, 0.1) is 6.61 Å². The molecule has 0 unspecified atom stereocenters. The minimum Gasteiger partial charge on any atom is -0.493 e. The summed E-state index contributed by atoms with van der Waals surface area (Å²) in [5.41, 5.74) is 2.89. The Bertz CT molecular complexity index is 1060. The van der Waals surface area contributed by atoms with Gasteiger partial charge >= 0.3 is 0 Å². The average molecular weight is 428 g/mol. The van der Waals surface area contributed by atoms with Gasteiger partial charge in [0, 0.05) is 30.1 Å². The lowest BCUT2D eigenvalue weighted by Crippen LogP contribution is -2.27. The lowest BCUT2D eigenvalue weighted by molar-refractivity contribution is -0.117. The second-order valence-electron chi connectivity index (χ2n) is 6.97. The van der Waals surface area contributed by atoms with Crippen LogP contribution in [-0.2, 0) is 4.79 Å². The first kappa shape index (κ1) is 22.5. The van der Waals surface area contributed by atoms with Crippen LogP contribution in [0.15, 0.2) is 84.1 Å². The van der Waals surface area contributed by atoms with Gasteiger partial charge in [0.25, 0.3) is 0 Å². The molecule has 32 heavy (non-hydrogen) atoms. The fraction of sp³-hybridized carbons (Fsp3) is 0.200. The van der Waals surface area contributed by atoms with Crippen LogP contribution in [0.4, 0.5) is 5.69 Å². The van der Waals surface area contributed by atoms with Crippen molar-refractivity contribution >= 4 is 17.4 Å². The number of ketones is 1. The van der Waals surface area contributed by atoms with Crippen LogP contribution in [0.2, 0.25) is 0 Å². The number of rotatable bonds is 10. The van der Waals surface area contributed by atoms with Crippen molar-refractivity contribution in [3.63, 3.8) is 0 Å². The summed E-state index contributed by atoms with van der Waals surface area (Å²) in [6.45, 7) is 0.533. The van der Waals surface area contributed by atoms with Crippen LogP contribution in [-0.4, -0.2) is 29.9 Å². The third-order valence-electron chi connectivity index (χ3n) is 4.61. The highest BCUT2D eigenvalue weighted by Crippen LogP contribution is 2.29. The Hall–Kier alpha value is -4.18. The van der Waals surface area contributed by atoms with E-state index in [1.165, 1.54) is 0 Å². The van der Waals surface area contributed by atoms with Crippen LogP contribution in [0.3, 0.4) is 0 Å². The SMILES string of the molecule is N#CNC(=NCC(=O)CCCCOc1ccccc1-c1ccccc1)Nc1ccncc1. The smallest absolute Gasteiger partial charge is 0.209 e. The van der Waals surface area contributed by atoms with E-state index >= 15 is 0 Å². The maximum atomic E-state index is 12.2. The standard InChI is InChI=1S/C25H25N5O2/c26-19-29-25(30-21-13-15-27-16-14-21)28-18-22(31)10-6-7-17-32-24-12-5-4-11-23(24)20-8-2-1-3-9-20/h1-5,8-9,11-16H,6-7,10,17-18H2,(H2,27,28,29,30). The minimum absolute atomic E-state index is 0.000204. The van der Waals surface area contributed by atoms with Gasteiger partial charge in [-0.05, 0) is 36.6 Å². The van der Waals surface area contributed by atoms with E-state index in [4.69, 9.17) is 10.00 Å². The zero-order valence-electron chi connectivity index (χ0n) is 17.7. The van der Waals surface area contributed by atoms with Crippen molar-refractivity contribution in [1.82, 2.24) is 10.3 Å². The summed E-state index contributed by atoms with van der Waals surface area (Å²) in [6, 6.07) is 21.5. The van der Waals surface area contributed by atoms with Crippen molar-refractivity contribution in [2.24, 2.45) is 4.99 Å². The van der Waals surface area contributed by atoms with Crippen molar-refractivity contribution in [1.29, 1.82) is 5.26 Å². The van der Waals surface area contributed by atoms with Gasteiger partial charge in [0.1, 0.15) is 12.3 Å². The Morgan fingerprint density at radius 2 is 1.75 bits per heavy atom. The van der Waals surface area contributed by atoms with E-state index in [0.29, 0.717) is 19.4 Å². The third kappa shape index (κ3) is 7.26. The maximum Gasteiger partial charge on any atom is 0.209 e. The molecule has 0 aliphatic carbocycles. The predicted molar refractivity (Wildman–Crippen MR) is 125 cm³/mol. The van der Waals surface area contributed by atoms with Gasteiger partial charge in [-0.1, -0.05) is 48.5 Å². The summed E-state index contributed by atoms with van der Waals surface area (Å²) < 4.78 is 5.97. The average Bonchev–Trinajstić information content (AvgIpc) is 2.84. The van der Waals surface area contributed by atoms with Gasteiger partial charge in [-0.3, -0.25) is 15.1 Å². The van der Waals surface area contributed by atoms with Crippen LogP contribution >= 0.6 is 0 Å². The second kappa shape index (κ2) is 12.5. The highest BCUT2D eigenvalue weighted by molar-refractivity contribution is 5.96. The van der Waals surface area contributed by atoms with E-state index in [1.54, 1.807) is 24.5 Å². The number of guanidine groups is 1. The van der Waals surface area contributed by atoms with Crippen LogP contribution < -0.4 is 15.4 Å². The summed E-state index contributed by atoms with van der Waals surface area (Å²) in [5, 5.41) is 14.3. The molecule has 0 radical (unpaired) electrons. The molecule has 2 N–H and O–H groups in total. The predicted octanol–water partition coefficient (Wildman–Crippen LogP) is 4.41. The normalized spacial score (nSPS) is 10.8. The van der Waals surface area contributed by atoms with Gasteiger partial charge in [0.2, 0.25) is 5.96 Å². The number of aromatic nitrogens is 1. The number of nitrogens with one attached hydrogen (secondary N) is 2. The summed E-state index contributed by atoms with van der Waals surface area (Å²) >= 11 is 0. The summed E-state index contributed by atoms with van der Waals surface area (Å²) in [7, 11) is 0. The summed E-state index contributed by atoms with van der Waals surface area (Å²) in [5.74, 6) is 1.07. The van der Waals surface area contributed by atoms with Crippen LogP contribution in [0, 0.1) is 11.5 Å². The molecule has 2 aromatic carbocycles. The van der Waals surface area contributed by atoms with Crippen molar-refractivity contribution in [2.45, 2.75) is 19.3 Å². The van der Waals surface area contributed by atoms with E-state index in [2.05, 4.69) is 32.7 Å². The van der Waals surface area contributed by atoms with E-state index < -0.39 is 0 Å². The molecule has 0 amide bonds. The third-order valence-corrected chi connectivity index (χ3v) is 4.61. The number of Topliss-reactive ketones (excluding diaryl/α,β-unsaturated/α-hetero) is 1.